The van der Waals surface area contributed by atoms with Gasteiger partial charge in [-0.25, -0.2) is 9.67 Å². The van der Waals surface area contributed by atoms with Crippen molar-refractivity contribution >= 4 is 22.7 Å². The number of nitriles is 1. The molecule has 29 heavy (non-hydrogen) atoms. The highest BCUT2D eigenvalue weighted by Crippen LogP contribution is 2.24. The lowest BCUT2D eigenvalue weighted by molar-refractivity contribution is 0.835. The summed E-state index contributed by atoms with van der Waals surface area (Å²) in [5.41, 5.74) is 5.93. The van der Waals surface area contributed by atoms with E-state index in [0.717, 1.165) is 11.4 Å². The molecule has 0 radical (unpaired) electrons. The van der Waals surface area contributed by atoms with Gasteiger partial charge in [-0.05, 0) is 31.2 Å². The summed E-state index contributed by atoms with van der Waals surface area (Å²) in [7, 11) is 0. The summed E-state index contributed by atoms with van der Waals surface area (Å²) < 4.78 is 1.49. The molecular formula is C21H16N6OS. The van der Waals surface area contributed by atoms with Crippen LogP contribution in [-0.4, -0.2) is 20.5 Å². The first-order valence-electron chi connectivity index (χ1n) is 8.79. The van der Waals surface area contributed by atoms with E-state index in [4.69, 9.17) is 0 Å². The van der Waals surface area contributed by atoms with Crippen molar-refractivity contribution in [2.75, 3.05) is 5.43 Å². The molecule has 7 nitrogen and oxygen atoms in total. The van der Waals surface area contributed by atoms with Gasteiger partial charge in [0.2, 0.25) is 0 Å². The van der Waals surface area contributed by atoms with Gasteiger partial charge in [-0.1, -0.05) is 36.4 Å². The zero-order valence-corrected chi connectivity index (χ0v) is 16.3. The summed E-state index contributed by atoms with van der Waals surface area (Å²) in [5.74, 6) is 0. The summed E-state index contributed by atoms with van der Waals surface area (Å²) >= 11 is 1.30. The smallest absolute Gasteiger partial charge is 0.281 e. The zero-order chi connectivity index (χ0) is 20.2. The number of H-pyrrole nitrogens is 1. The summed E-state index contributed by atoms with van der Waals surface area (Å²) in [5, 5.41) is 19.0. The molecule has 0 aliphatic heterocycles. The quantitative estimate of drug-likeness (QED) is 0.392. The molecule has 2 aromatic heterocycles. The van der Waals surface area contributed by atoms with Gasteiger partial charge in [0.25, 0.3) is 5.56 Å². The van der Waals surface area contributed by atoms with Gasteiger partial charge in [-0.2, -0.15) is 10.4 Å². The number of hydrogen-bond acceptors (Lipinski definition) is 6. The number of nitrogens with zero attached hydrogens (tertiary/aromatic N) is 4. The van der Waals surface area contributed by atoms with E-state index >= 15 is 0 Å². The Kier molecular flexibility index (Phi) is 5.05. The van der Waals surface area contributed by atoms with Gasteiger partial charge in [0.15, 0.2) is 5.71 Å². The molecule has 0 aliphatic rings. The summed E-state index contributed by atoms with van der Waals surface area (Å²) in [6.45, 7) is 1.83. The molecule has 0 amide bonds. The van der Waals surface area contributed by atoms with Crippen LogP contribution in [0.3, 0.4) is 0 Å². The van der Waals surface area contributed by atoms with Gasteiger partial charge in [0, 0.05) is 11.1 Å². The summed E-state index contributed by atoms with van der Waals surface area (Å²) in [4.78, 5) is 17.4. The Balaban J connectivity index is 1.67. The Morgan fingerprint density at radius 3 is 2.55 bits per heavy atom. The Hall–Kier alpha value is -3.96. The van der Waals surface area contributed by atoms with Crippen LogP contribution in [-0.2, 0) is 0 Å². The third kappa shape index (κ3) is 3.72. The Morgan fingerprint density at radius 2 is 1.86 bits per heavy atom. The molecule has 0 bridgehead atoms. The maximum absolute atomic E-state index is 12.9. The van der Waals surface area contributed by atoms with Crippen molar-refractivity contribution < 1.29 is 0 Å². The standard InChI is InChI=1S/C21H16N6OS/c1-14-19(21(28)27(26-14)16-10-6-3-7-11-16)20-23-18(13-29-20)17(12-22)25-24-15-8-4-2-5-9-15/h2-11,13,24,26H,1H3/b25-17+. The minimum absolute atomic E-state index is 0.146. The minimum Gasteiger partial charge on any atom is -0.295 e. The molecule has 2 aromatic carbocycles. The monoisotopic (exact) mass is 400 g/mol. The molecule has 8 heteroatoms. The lowest BCUT2D eigenvalue weighted by atomic mass is 10.2. The van der Waals surface area contributed by atoms with Gasteiger partial charge in [-0.3, -0.25) is 15.3 Å². The molecule has 0 saturated carbocycles. The van der Waals surface area contributed by atoms with Crippen LogP contribution in [0.4, 0.5) is 5.69 Å². The van der Waals surface area contributed by atoms with E-state index in [1.165, 1.54) is 16.0 Å². The molecule has 0 saturated heterocycles. The Bertz CT molecular complexity index is 1260. The largest absolute Gasteiger partial charge is 0.295 e. The Labute approximate surface area is 170 Å². The highest BCUT2D eigenvalue weighted by Gasteiger charge is 2.19. The molecule has 0 fully saturated rings. The van der Waals surface area contributed by atoms with Crippen molar-refractivity contribution in [3.63, 3.8) is 0 Å². The fourth-order valence-corrected chi connectivity index (χ4v) is 3.72. The van der Waals surface area contributed by atoms with Crippen LogP contribution < -0.4 is 11.0 Å². The van der Waals surface area contributed by atoms with Crippen molar-refractivity contribution in [2.45, 2.75) is 6.92 Å². The zero-order valence-electron chi connectivity index (χ0n) is 15.5. The number of anilines is 1. The second-order valence-corrected chi connectivity index (χ2v) is 7.03. The molecule has 0 atom stereocenters. The van der Waals surface area contributed by atoms with Crippen LogP contribution in [0.1, 0.15) is 11.4 Å². The summed E-state index contributed by atoms with van der Waals surface area (Å²) in [6.07, 6.45) is 0. The second-order valence-electron chi connectivity index (χ2n) is 6.18. The fraction of sp³-hybridized carbons (Fsp3) is 0.0476. The lowest BCUT2D eigenvalue weighted by Gasteiger charge is -1.99. The summed E-state index contributed by atoms with van der Waals surface area (Å²) in [6, 6.07) is 20.7. The van der Waals surface area contributed by atoms with Crippen LogP contribution in [0.2, 0.25) is 0 Å². The minimum atomic E-state index is -0.188. The second kappa shape index (κ2) is 7.96. The first-order chi connectivity index (χ1) is 14.2. The number of rotatable bonds is 5. The van der Waals surface area contributed by atoms with Crippen molar-refractivity contribution in [2.24, 2.45) is 5.10 Å². The van der Waals surface area contributed by atoms with Gasteiger partial charge in [-0.15, -0.1) is 11.3 Å². The number of thiazole rings is 1. The van der Waals surface area contributed by atoms with Gasteiger partial charge < -0.3 is 0 Å². The number of benzene rings is 2. The molecule has 0 aliphatic carbocycles. The molecule has 0 spiro atoms. The van der Waals surface area contributed by atoms with Crippen LogP contribution in [0, 0.1) is 18.3 Å². The van der Waals surface area contributed by atoms with Crippen molar-refractivity contribution in [3.05, 3.63) is 87.8 Å². The van der Waals surface area contributed by atoms with E-state index in [0.29, 0.717) is 22.0 Å². The van der Waals surface area contributed by atoms with E-state index in [1.807, 2.05) is 67.6 Å². The maximum Gasteiger partial charge on any atom is 0.281 e. The van der Waals surface area contributed by atoms with Crippen LogP contribution in [0.25, 0.3) is 16.3 Å². The number of aryl methyl sites for hydroxylation is 1. The highest BCUT2D eigenvalue weighted by atomic mass is 32.1. The molecular weight excluding hydrogens is 384 g/mol. The third-order valence-corrected chi connectivity index (χ3v) is 5.08. The average molecular weight is 400 g/mol. The van der Waals surface area contributed by atoms with Crippen LogP contribution in [0.15, 0.2) is 75.9 Å². The Morgan fingerprint density at radius 1 is 1.17 bits per heavy atom. The number of para-hydroxylation sites is 2. The van der Waals surface area contributed by atoms with Crippen molar-refractivity contribution in [1.29, 1.82) is 5.26 Å². The topological polar surface area (TPSA) is 98.9 Å². The first-order valence-corrected chi connectivity index (χ1v) is 9.67. The lowest BCUT2D eigenvalue weighted by Crippen LogP contribution is -2.15. The van der Waals surface area contributed by atoms with Gasteiger partial charge >= 0.3 is 0 Å². The number of aromatic amines is 1. The molecule has 2 heterocycles. The van der Waals surface area contributed by atoms with E-state index in [2.05, 4.69) is 26.7 Å². The van der Waals surface area contributed by atoms with Crippen molar-refractivity contribution in [1.82, 2.24) is 14.8 Å². The predicted octanol–water partition coefficient (Wildman–Crippen LogP) is 3.94. The number of aromatic nitrogens is 3. The SMILES string of the molecule is Cc1[nH]n(-c2ccccc2)c(=O)c1-c1nc(/C(C#N)=N/Nc2ccccc2)cs1. The third-order valence-electron chi connectivity index (χ3n) is 4.22. The van der Waals surface area contributed by atoms with Crippen LogP contribution >= 0.6 is 11.3 Å². The average Bonchev–Trinajstić information content (AvgIpc) is 3.34. The molecule has 0 unspecified atom stereocenters. The molecule has 142 valence electrons. The highest BCUT2D eigenvalue weighted by molar-refractivity contribution is 7.13. The van der Waals surface area contributed by atoms with Crippen LogP contribution in [0.5, 0.6) is 0 Å². The fourth-order valence-electron chi connectivity index (χ4n) is 2.83. The normalized spacial score (nSPS) is 11.2. The predicted molar refractivity (Wildman–Crippen MR) is 114 cm³/mol. The molecule has 4 rings (SSSR count). The number of hydrogen-bond donors (Lipinski definition) is 2. The number of nitrogens with one attached hydrogen (secondary N) is 2. The number of hydrazone groups is 1. The van der Waals surface area contributed by atoms with Gasteiger partial charge in [0.1, 0.15) is 16.8 Å². The molecule has 4 aromatic rings. The van der Waals surface area contributed by atoms with E-state index < -0.39 is 0 Å². The first kappa shape index (κ1) is 18.4. The maximum atomic E-state index is 12.9. The van der Waals surface area contributed by atoms with E-state index in [9.17, 15) is 10.1 Å². The van der Waals surface area contributed by atoms with Gasteiger partial charge in [0.05, 0.1) is 16.9 Å². The van der Waals surface area contributed by atoms with Crippen molar-refractivity contribution in [3.8, 4) is 22.3 Å². The van der Waals surface area contributed by atoms with E-state index in [1.54, 1.807) is 5.38 Å². The van der Waals surface area contributed by atoms with E-state index in [-0.39, 0.29) is 11.3 Å². The molecule has 2 N–H and O–H groups in total.